The number of aliphatic hydroxyl groups excluding tert-OH is 1. The molecule has 1 atom stereocenters. The first-order valence-corrected chi connectivity index (χ1v) is 14.3. The van der Waals surface area contributed by atoms with Crippen LogP contribution in [0.3, 0.4) is 0 Å². The van der Waals surface area contributed by atoms with Crippen LogP contribution in [0.25, 0.3) is 0 Å². The molecule has 3 aromatic rings. The molecule has 0 aliphatic heterocycles. The second-order valence-electron chi connectivity index (χ2n) is 11.0. The molecule has 1 fully saturated rings. The summed E-state index contributed by atoms with van der Waals surface area (Å²) in [4.78, 5) is 38.4. The number of hydrogen-bond acceptors (Lipinski definition) is 4. The van der Waals surface area contributed by atoms with Gasteiger partial charge in [0.05, 0.1) is 13.1 Å². The Hall–Kier alpha value is -4.17. The SMILES string of the molecule is CC(C)c1ccc(NC(=O)N(Cc2ccc(C(=O)NCC(O)C(=O)O)cc2)c2ccc(C3CCCCC3)cc2)cc1. The lowest BCUT2D eigenvalue weighted by Gasteiger charge is -2.26. The maximum absolute atomic E-state index is 13.6. The molecule has 1 aliphatic carbocycles. The Morgan fingerprint density at radius 2 is 1.51 bits per heavy atom. The third kappa shape index (κ3) is 8.17. The first-order valence-electron chi connectivity index (χ1n) is 14.3. The smallest absolute Gasteiger partial charge is 0.334 e. The van der Waals surface area contributed by atoms with E-state index in [1.54, 1.807) is 29.2 Å². The van der Waals surface area contributed by atoms with Gasteiger partial charge in [-0.3, -0.25) is 9.69 Å². The summed E-state index contributed by atoms with van der Waals surface area (Å²) in [5.41, 5.74) is 5.11. The second-order valence-corrected chi connectivity index (χ2v) is 11.0. The van der Waals surface area contributed by atoms with Gasteiger partial charge in [-0.05, 0) is 77.8 Å². The quantitative estimate of drug-likeness (QED) is 0.234. The van der Waals surface area contributed by atoms with Crippen LogP contribution >= 0.6 is 0 Å². The van der Waals surface area contributed by atoms with E-state index in [9.17, 15) is 19.5 Å². The zero-order chi connectivity index (χ0) is 29.4. The minimum atomic E-state index is -1.67. The fourth-order valence-corrected chi connectivity index (χ4v) is 5.11. The summed E-state index contributed by atoms with van der Waals surface area (Å²) in [6, 6.07) is 22.6. The lowest BCUT2D eigenvalue weighted by molar-refractivity contribution is -0.146. The normalized spacial score (nSPS) is 14.3. The highest BCUT2D eigenvalue weighted by molar-refractivity contribution is 6.01. The maximum Gasteiger partial charge on any atom is 0.334 e. The highest BCUT2D eigenvalue weighted by atomic mass is 16.4. The molecule has 216 valence electrons. The molecule has 4 N–H and O–H groups in total. The molecule has 41 heavy (non-hydrogen) atoms. The Bertz CT molecular complexity index is 1310. The van der Waals surface area contributed by atoms with E-state index in [-0.39, 0.29) is 12.6 Å². The van der Waals surface area contributed by atoms with E-state index in [0.29, 0.717) is 23.1 Å². The van der Waals surface area contributed by atoms with Gasteiger partial charge in [0, 0.05) is 16.9 Å². The number of aliphatic hydroxyl groups is 1. The molecular weight excluding hydrogens is 518 g/mol. The van der Waals surface area contributed by atoms with Gasteiger partial charge in [0.15, 0.2) is 6.10 Å². The van der Waals surface area contributed by atoms with Crippen LogP contribution in [0.5, 0.6) is 0 Å². The Morgan fingerprint density at radius 3 is 2.10 bits per heavy atom. The van der Waals surface area contributed by atoms with E-state index in [0.717, 1.165) is 11.3 Å². The van der Waals surface area contributed by atoms with E-state index in [1.807, 2.05) is 36.4 Å². The molecule has 3 amide bonds. The van der Waals surface area contributed by atoms with Crippen LogP contribution in [0.15, 0.2) is 72.8 Å². The van der Waals surface area contributed by atoms with E-state index < -0.39 is 24.5 Å². The van der Waals surface area contributed by atoms with Crippen LogP contribution < -0.4 is 15.5 Å². The molecule has 3 aromatic carbocycles. The molecule has 8 heteroatoms. The number of anilines is 2. The van der Waals surface area contributed by atoms with Gasteiger partial charge < -0.3 is 20.8 Å². The number of hydrogen-bond donors (Lipinski definition) is 4. The first kappa shape index (κ1) is 29.8. The number of nitrogens with one attached hydrogen (secondary N) is 2. The van der Waals surface area contributed by atoms with E-state index in [2.05, 4.69) is 36.6 Å². The largest absolute Gasteiger partial charge is 0.479 e. The topological polar surface area (TPSA) is 119 Å². The molecule has 0 heterocycles. The van der Waals surface area contributed by atoms with E-state index in [4.69, 9.17) is 5.11 Å². The molecule has 0 radical (unpaired) electrons. The van der Waals surface area contributed by atoms with Crippen molar-refractivity contribution in [1.82, 2.24) is 5.32 Å². The summed E-state index contributed by atoms with van der Waals surface area (Å²) in [6.07, 6.45) is 4.54. The highest BCUT2D eigenvalue weighted by Crippen LogP contribution is 2.33. The number of benzene rings is 3. The lowest BCUT2D eigenvalue weighted by Crippen LogP contribution is -2.36. The fraction of sp³-hybridized carbons (Fsp3) is 0.364. The number of carboxylic acids is 1. The number of carbonyl (C=O) groups excluding carboxylic acids is 2. The van der Waals surface area contributed by atoms with E-state index >= 15 is 0 Å². The molecular formula is C33H39N3O5. The zero-order valence-electron chi connectivity index (χ0n) is 23.7. The first-order chi connectivity index (χ1) is 19.7. The monoisotopic (exact) mass is 557 g/mol. The van der Waals surface area contributed by atoms with Gasteiger partial charge in [0.1, 0.15) is 0 Å². The Balaban J connectivity index is 1.51. The van der Waals surface area contributed by atoms with Crippen molar-refractivity contribution in [2.45, 2.75) is 70.4 Å². The minimum Gasteiger partial charge on any atom is -0.479 e. The van der Waals surface area contributed by atoms with Crippen LogP contribution in [-0.2, 0) is 11.3 Å². The van der Waals surface area contributed by atoms with Crippen LogP contribution in [-0.4, -0.2) is 40.8 Å². The predicted molar refractivity (Wildman–Crippen MR) is 160 cm³/mol. The standard InChI is InChI=1S/C33H39N3O5/c1-22(2)24-12-16-28(17-13-24)35-33(41)36(29-18-14-26(15-19-29)25-6-4-3-5-7-25)21-23-8-10-27(11-9-23)31(38)34-20-30(37)32(39)40/h8-19,22,25,30,37H,3-7,20-21H2,1-2H3,(H,34,38)(H,35,41)(H,39,40). The molecule has 0 bridgehead atoms. The van der Waals surface area contributed by atoms with Crippen molar-refractivity contribution in [2.75, 3.05) is 16.8 Å². The van der Waals surface area contributed by atoms with E-state index in [1.165, 1.54) is 43.2 Å². The second kappa shape index (κ2) is 13.9. The Morgan fingerprint density at radius 1 is 0.878 bits per heavy atom. The third-order valence-corrected chi connectivity index (χ3v) is 7.65. The highest BCUT2D eigenvalue weighted by Gasteiger charge is 2.20. The Kier molecular flexibility index (Phi) is 10.1. The molecule has 0 spiro atoms. The maximum atomic E-state index is 13.6. The number of carboxylic acid groups (broad SMARTS) is 1. The molecule has 0 saturated heterocycles. The van der Waals surface area contributed by atoms with Gasteiger partial charge in [-0.25, -0.2) is 9.59 Å². The summed E-state index contributed by atoms with van der Waals surface area (Å²) in [6.45, 7) is 4.14. The van der Waals surface area contributed by atoms with Crippen molar-refractivity contribution < 1.29 is 24.6 Å². The summed E-state index contributed by atoms with van der Waals surface area (Å²) in [7, 11) is 0. The van der Waals surface area contributed by atoms with Crippen molar-refractivity contribution in [1.29, 1.82) is 0 Å². The van der Waals surface area contributed by atoms with Gasteiger partial charge >= 0.3 is 12.0 Å². The van der Waals surface area contributed by atoms with Crippen molar-refractivity contribution in [3.63, 3.8) is 0 Å². The van der Waals surface area contributed by atoms with Gasteiger partial charge in [-0.2, -0.15) is 0 Å². The number of urea groups is 1. The summed E-state index contributed by atoms with van der Waals surface area (Å²) < 4.78 is 0. The number of aliphatic carboxylic acids is 1. The number of carbonyl (C=O) groups is 3. The molecule has 0 aromatic heterocycles. The molecule has 1 aliphatic rings. The van der Waals surface area contributed by atoms with Crippen LogP contribution in [0, 0.1) is 0 Å². The van der Waals surface area contributed by atoms with Crippen LogP contribution in [0.4, 0.5) is 16.2 Å². The lowest BCUT2D eigenvalue weighted by atomic mass is 9.84. The predicted octanol–water partition coefficient (Wildman–Crippen LogP) is 6.27. The number of nitrogens with zero attached hydrogens (tertiary/aromatic N) is 1. The summed E-state index contributed by atoms with van der Waals surface area (Å²) in [5.74, 6) is -0.933. The average Bonchev–Trinajstić information content (AvgIpc) is 2.99. The molecule has 1 saturated carbocycles. The van der Waals surface area contributed by atoms with Crippen molar-refractivity contribution in [3.05, 3.63) is 95.1 Å². The van der Waals surface area contributed by atoms with Crippen molar-refractivity contribution >= 4 is 29.3 Å². The van der Waals surface area contributed by atoms with Gasteiger partial charge in [-0.15, -0.1) is 0 Å². The van der Waals surface area contributed by atoms with Crippen molar-refractivity contribution in [2.24, 2.45) is 0 Å². The fourth-order valence-electron chi connectivity index (χ4n) is 5.11. The van der Waals surface area contributed by atoms with Crippen LogP contribution in [0.2, 0.25) is 0 Å². The summed E-state index contributed by atoms with van der Waals surface area (Å²) >= 11 is 0. The number of amides is 3. The summed E-state index contributed by atoms with van der Waals surface area (Å²) in [5, 5.41) is 23.6. The van der Waals surface area contributed by atoms with Gasteiger partial charge in [0.2, 0.25) is 0 Å². The molecule has 4 rings (SSSR count). The van der Waals surface area contributed by atoms with Gasteiger partial charge in [0.25, 0.3) is 5.91 Å². The zero-order valence-corrected chi connectivity index (χ0v) is 23.7. The number of rotatable bonds is 10. The minimum absolute atomic E-state index is 0.266. The molecule has 1 unspecified atom stereocenters. The van der Waals surface area contributed by atoms with Gasteiger partial charge in [-0.1, -0.05) is 69.5 Å². The van der Waals surface area contributed by atoms with Crippen molar-refractivity contribution in [3.8, 4) is 0 Å². The Labute approximate surface area is 241 Å². The van der Waals surface area contributed by atoms with Crippen LogP contribution in [0.1, 0.15) is 84.8 Å². The average molecular weight is 558 g/mol. The third-order valence-electron chi connectivity index (χ3n) is 7.65. The molecule has 8 nitrogen and oxygen atoms in total.